The zero-order chi connectivity index (χ0) is 55.4. The van der Waals surface area contributed by atoms with Crippen molar-refractivity contribution in [3.05, 3.63) is 155 Å². The minimum Gasteiger partial charge on any atom is -0.494 e. The third kappa shape index (κ3) is 24.9. The summed E-state index contributed by atoms with van der Waals surface area (Å²) in [5, 5.41) is 2.62. The van der Waals surface area contributed by atoms with Crippen molar-refractivity contribution < 1.29 is 57.1 Å². The van der Waals surface area contributed by atoms with Gasteiger partial charge in [0.25, 0.3) is 0 Å². The number of ether oxygens (including phenoxy) is 7. The van der Waals surface area contributed by atoms with Crippen molar-refractivity contribution in [2.75, 3.05) is 13.2 Å². The van der Waals surface area contributed by atoms with E-state index >= 15 is 0 Å². The number of carbonyl (C=O) groups is 5. The lowest BCUT2D eigenvalue weighted by molar-refractivity contribution is -0.158. The second-order valence-electron chi connectivity index (χ2n) is 20.5. The maximum atomic E-state index is 12.9. The molecule has 76 heavy (non-hydrogen) atoms. The van der Waals surface area contributed by atoms with Gasteiger partial charge in [0.05, 0.1) is 24.3 Å². The van der Waals surface area contributed by atoms with Crippen LogP contribution in [0.2, 0.25) is 0 Å². The number of nitrogens with two attached hydrogens (primary N) is 1. The molecule has 0 unspecified atom stereocenters. The first kappa shape index (κ1) is 61.4. The molecule has 5 aromatic carbocycles. The van der Waals surface area contributed by atoms with Crippen LogP contribution in [0.5, 0.6) is 23.0 Å². The number of nitrogens with one attached hydrogen (secondary N) is 1. The van der Waals surface area contributed by atoms with Crippen LogP contribution in [0, 0.1) is 0 Å². The van der Waals surface area contributed by atoms with Gasteiger partial charge in [-0.2, -0.15) is 0 Å². The van der Waals surface area contributed by atoms with Gasteiger partial charge in [-0.1, -0.05) is 120 Å². The minimum absolute atomic E-state index is 0.0721. The summed E-state index contributed by atoms with van der Waals surface area (Å²) in [4.78, 5) is 62.6. The van der Waals surface area contributed by atoms with E-state index in [1.807, 2.05) is 30.3 Å². The second kappa shape index (κ2) is 32.3. The number of rotatable bonds is 27. The number of hydrogen-bond acceptors (Lipinski definition) is 13. The van der Waals surface area contributed by atoms with Gasteiger partial charge >= 0.3 is 30.0 Å². The number of benzene rings is 5. The maximum absolute atomic E-state index is 12.9. The van der Waals surface area contributed by atoms with Gasteiger partial charge in [0.1, 0.15) is 52.9 Å². The van der Waals surface area contributed by atoms with Crippen molar-refractivity contribution in [3.63, 3.8) is 0 Å². The highest BCUT2D eigenvalue weighted by Crippen LogP contribution is 2.21. The zero-order valence-corrected chi connectivity index (χ0v) is 45.9. The average Bonchev–Trinajstić information content (AvgIpc) is 3.38. The number of esters is 4. The molecule has 0 bridgehead atoms. The Bertz CT molecular complexity index is 2500. The molecule has 2 atom stereocenters. The zero-order valence-electron chi connectivity index (χ0n) is 45.9. The van der Waals surface area contributed by atoms with E-state index in [1.165, 1.54) is 44.9 Å². The minimum atomic E-state index is -0.979. The molecule has 3 N–H and O–H groups in total. The molecule has 0 radical (unpaired) electrons. The van der Waals surface area contributed by atoms with Gasteiger partial charge in [0.15, 0.2) is 0 Å². The van der Waals surface area contributed by atoms with Crippen LogP contribution in [0.1, 0.15) is 157 Å². The molecule has 0 heterocycles. The van der Waals surface area contributed by atoms with Gasteiger partial charge in [-0.15, -0.1) is 0 Å². The van der Waals surface area contributed by atoms with Crippen molar-refractivity contribution in [1.82, 2.24) is 5.32 Å². The number of carbonyl (C=O) groups excluding carboxylic acids is 5. The molecule has 14 heteroatoms. The van der Waals surface area contributed by atoms with Gasteiger partial charge < -0.3 is 44.2 Å². The highest BCUT2D eigenvalue weighted by atomic mass is 16.6. The van der Waals surface area contributed by atoms with Crippen LogP contribution >= 0.6 is 0 Å². The van der Waals surface area contributed by atoms with E-state index in [9.17, 15) is 24.0 Å². The summed E-state index contributed by atoms with van der Waals surface area (Å²) in [6.45, 7) is 16.5. The SMILES string of the molecule is CCCCCCCOc1ccc(C(=O)Oc2ccc(C[C@H](N)C(=O)OC(C)(C)C)cc2)cc1.CCCCCCCOc1ccc(C(=O)Oc2ccc(C[C@H](NC(=O)OCc3ccccc3)C(=O)OC(C)(C)C)cc2)cc1. The Morgan fingerprint density at radius 2 is 0.882 bits per heavy atom. The van der Waals surface area contributed by atoms with Gasteiger partial charge in [-0.25, -0.2) is 19.2 Å². The summed E-state index contributed by atoms with van der Waals surface area (Å²) in [6.07, 6.45) is 11.5. The molecule has 1 amide bonds. The Kier molecular flexibility index (Phi) is 26.1. The molecule has 0 saturated carbocycles. The van der Waals surface area contributed by atoms with Crippen LogP contribution in [0.15, 0.2) is 127 Å². The second-order valence-corrected chi connectivity index (χ2v) is 20.5. The van der Waals surface area contributed by atoms with Crippen molar-refractivity contribution in [1.29, 1.82) is 0 Å². The molecule has 0 spiro atoms. The molecule has 5 aromatic rings. The summed E-state index contributed by atoms with van der Waals surface area (Å²) < 4.78 is 38.6. The lowest BCUT2D eigenvalue weighted by Crippen LogP contribution is -2.45. The third-order valence-electron chi connectivity index (χ3n) is 11.3. The van der Waals surface area contributed by atoms with Crippen LogP contribution in [0.25, 0.3) is 0 Å². The van der Waals surface area contributed by atoms with Crippen LogP contribution in [-0.4, -0.2) is 66.5 Å². The van der Waals surface area contributed by atoms with Crippen LogP contribution in [0.4, 0.5) is 4.79 Å². The first-order valence-corrected chi connectivity index (χ1v) is 26.6. The summed E-state index contributed by atoms with van der Waals surface area (Å²) >= 11 is 0. The fraction of sp³-hybridized carbons (Fsp3) is 0.435. The Morgan fingerprint density at radius 1 is 0.474 bits per heavy atom. The van der Waals surface area contributed by atoms with E-state index in [1.54, 1.807) is 139 Å². The van der Waals surface area contributed by atoms with E-state index in [0.29, 0.717) is 48.0 Å². The summed E-state index contributed by atoms with van der Waals surface area (Å²) in [6, 6.07) is 35.0. The highest BCUT2D eigenvalue weighted by Gasteiger charge is 2.28. The fourth-order valence-electron chi connectivity index (χ4n) is 7.31. The third-order valence-corrected chi connectivity index (χ3v) is 11.3. The molecular weight excluding hydrogens is 965 g/mol. The lowest BCUT2D eigenvalue weighted by atomic mass is 10.1. The summed E-state index contributed by atoms with van der Waals surface area (Å²) in [5.41, 5.74) is 7.90. The van der Waals surface area contributed by atoms with E-state index in [4.69, 9.17) is 38.9 Å². The maximum Gasteiger partial charge on any atom is 0.408 e. The highest BCUT2D eigenvalue weighted by molar-refractivity contribution is 5.92. The van der Waals surface area contributed by atoms with Crippen LogP contribution < -0.4 is 30.0 Å². The van der Waals surface area contributed by atoms with E-state index in [2.05, 4.69) is 19.2 Å². The molecule has 0 aliphatic rings. The monoisotopic (exact) mass is 1040 g/mol. The molecule has 0 fully saturated rings. The Labute approximate surface area is 450 Å². The first-order valence-electron chi connectivity index (χ1n) is 26.6. The van der Waals surface area contributed by atoms with E-state index in [-0.39, 0.29) is 13.0 Å². The van der Waals surface area contributed by atoms with Crippen LogP contribution in [-0.2, 0) is 43.2 Å². The van der Waals surface area contributed by atoms with Crippen LogP contribution in [0.3, 0.4) is 0 Å². The summed E-state index contributed by atoms with van der Waals surface area (Å²) in [7, 11) is 0. The number of amides is 1. The van der Waals surface area contributed by atoms with Crippen molar-refractivity contribution in [3.8, 4) is 23.0 Å². The molecule has 410 valence electrons. The van der Waals surface area contributed by atoms with Crippen molar-refractivity contribution in [2.24, 2.45) is 5.73 Å². The van der Waals surface area contributed by atoms with E-state index in [0.717, 1.165) is 41.7 Å². The summed E-state index contributed by atoms with van der Waals surface area (Å²) in [5.74, 6) is 0.270. The van der Waals surface area contributed by atoms with Gasteiger partial charge in [0, 0.05) is 6.42 Å². The molecule has 0 saturated heterocycles. The molecule has 5 rings (SSSR count). The predicted molar refractivity (Wildman–Crippen MR) is 295 cm³/mol. The molecular formula is C62H80N2O12. The molecule has 0 aromatic heterocycles. The largest absolute Gasteiger partial charge is 0.494 e. The van der Waals surface area contributed by atoms with Crippen molar-refractivity contribution >= 4 is 30.0 Å². The lowest BCUT2D eigenvalue weighted by Gasteiger charge is -2.24. The topological polar surface area (TPSA) is 188 Å². The number of unbranched alkanes of at least 4 members (excludes halogenated alkanes) is 8. The first-order chi connectivity index (χ1) is 36.3. The Hall–Kier alpha value is -7.19. The predicted octanol–water partition coefficient (Wildman–Crippen LogP) is 12.9. The van der Waals surface area contributed by atoms with Crippen molar-refractivity contribution in [2.45, 2.75) is 162 Å². The Balaban J connectivity index is 0.000000340. The molecule has 0 aliphatic heterocycles. The fourth-order valence-corrected chi connectivity index (χ4v) is 7.31. The smallest absolute Gasteiger partial charge is 0.408 e. The number of alkyl carbamates (subject to hydrolysis) is 1. The quantitative estimate of drug-likeness (QED) is 0.0219. The molecule has 14 nitrogen and oxygen atoms in total. The van der Waals surface area contributed by atoms with Gasteiger partial charge in [0.2, 0.25) is 0 Å². The Morgan fingerprint density at radius 3 is 1.32 bits per heavy atom. The molecule has 0 aliphatic carbocycles. The van der Waals surface area contributed by atoms with E-state index < -0.39 is 53.3 Å². The van der Waals surface area contributed by atoms with Gasteiger partial charge in [-0.3, -0.25) is 4.79 Å². The normalized spacial score (nSPS) is 11.9. The standard InChI is InChI=1S/C35H43NO7.C27H37NO5/c1-5-6-7-8-12-23-40-29-21-17-28(18-22-29)32(37)42-30-19-15-26(16-20-30)24-31(33(38)43-35(2,3)4)36-34(39)41-25-27-13-10-9-11-14-27;1-5-6-7-8-9-18-31-22-16-12-21(13-17-22)25(29)32-23-14-10-20(11-15-23)19-24(28)26(30)33-27(2,3)4/h9-11,13-22,31H,5-8,12,23-25H2,1-4H3,(H,36,39);10-17,24H,5-9,18-19,28H2,1-4H3/t31-;24-/m00/s1. The average molecular weight is 1050 g/mol. The number of hydrogen-bond donors (Lipinski definition) is 2. The van der Waals surface area contributed by atoms with Gasteiger partial charge in [-0.05, 0) is 150 Å².